The number of guanidine groups is 1. The highest BCUT2D eigenvalue weighted by molar-refractivity contribution is 5.78. The van der Waals surface area contributed by atoms with Crippen LogP contribution in [-0.2, 0) is 4.79 Å². The monoisotopic (exact) mass is 212 g/mol. The fourth-order valence-electron chi connectivity index (χ4n) is 1.87. The summed E-state index contributed by atoms with van der Waals surface area (Å²) in [7, 11) is 0. The van der Waals surface area contributed by atoms with Gasteiger partial charge in [-0.25, -0.2) is 0 Å². The van der Waals surface area contributed by atoms with Crippen LogP contribution in [0.2, 0.25) is 0 Å². The molecule has 0 aromatic heterocycles. The smallest absolute Gasteiger partial charge is 0.223 e. The van der Waals surface area contributed by atoms with Crippen LogP contribution in [0.15, 0.2) is 4.99 Å². The quantitative estimate of drug-likeness (QED) is 0.346. The van der Waals surface area contributed by atoms with Gasteiger partial charge >= 0.3 is 0 Å². The first-order valence-corrected chi connectivity index (χ1v) is 5.53. The Labute approximate surface area is 90.3 Å². The molecule has 0 radical (unpaired) electrons. The van der Waals surface area contributed by atoms with Gasteiger partial charge < -0.3 is 16.8 Å². The van der Waals surface area contributed by atoms with Crippen molar-refractivity contribution in [3.63, 3.8) is 0 Å². The average Bonchev–Trinajstić information content (AvgIpc) is 2.25. The number of carbonyl (C=O) groups excluding carboxylic acids is 1. The lowest BCUT2D eigenvalue weighted by atomic mass is 9.89. The molecule has 1 fully saturated rings. The molecule has 0 unspecified atom stereocenters. The molecule has 5 N–H and O–H groups in total. The van der Waals surface area contributed by atoms with Crippen molar-refractivity contribution in [3.05, 3.63) is 0 Å². The van der Waals surface area contributed by atoms with Crippen molar-refractivity contribution in [3.8, 4) is 0 Å². The van der Waals surface area contributed by atoms with Crippen LogP contribution in [0.25, 0.3) is 0 Å². The van der Waals surface area contributed by atoms with E-state index in [1.54, 1.807) is 0 Å². The second-order valence-electron chi connectivity index (χ2n) is 3.93. The molecule has 5 heteroatoms. The van der Waals surface area contributed by atoms with Gasteiger partial charge in [-0.3, -0.25) is 9.79 Å². The largest absolute Gasteiger partial charge is 0.370 e. The van der Waals surface area contributed by atoms with Gasteiger partial charge in [0.05, 0.1) is 6.54 Å². The minimum atomic E-state index is 0.0712. The lowest BCUT2D eigenvalue weighted by Gasteiger charge is -2.20. The van der Waals surface area contributed by atoms with Crippen LogP contribution >= 0.6 is 0 Å². The van der Waals surface area contributed by atoms with E-state index in [1.807, 2.05) is 0 Å². The molecule has 1 amide bonds. The lowest BCUT2D eigenvalue weighted by Crippen LogP contribution is -2.34. The molecule has 1 aliphatic rings. The number of aliphatic imine (C=N–C) groups is 1. The van der Waals surface area contributed by atoms with Gasteiger partial charge in [-0.2, -0.15) is 0 Å². The van der Waals surface area contributed by atoms with Crippen molar-refractivity contribution in [1.29, 1.82) is 0 Å². The molecule has 15 heavy (non-hydrogen) atoms. The second kappa shape index (κ2) is 6.27. The molecule has 0 aromatic carbocycles. The molecule has 0 aliphatic heterocycles. The fourth-order valence-corrected chi connectivity index (χ4v) is 1.87. The van der Waals surface area contributed by atoms with Crippen LogP contribution in [-0.4, -0.2) is 25.0 Å². The maximum atomic E-state index is 11.6. The molecule has 1 rings (SSSR count). The van der Waals surface area contributed by atoms with Crippen molar-refractivity contribution in [2.75, 3.05) is 13.1 Å². The van der Waals surface area contributed by atoms with Gasteiger partial charge in [0, 0.05) is 12.5 Å². The summed E-state index contributed by atoms with van der Waals surface area (Å²) in [6.45, 7) is 0.980. The zero-order valence-corrected chi connectivity index (χ0v) is 9.04. The van der Waals surface area contributed by atoms with Crippen LogP contribution in [0.4, 0.5) is 0 Å². The Morgan fingerprint density at radius 2 is 1.93 bits per heavy atom. The van der Waals surface area contributed by atoms with Gasteiger partial charge in [0.15, 0.2) is 5.96 Å². The van der Waals surface area contributed by atoms with Crippen molar-refractivity contribution in [2.45, 2.75) is 32.1 Å². The SMILES string of the molecule is NC(N)=NCCNC(=O)C1CCCCC1. The molecule has 0 heterocycles. The lowest BCUT2D eigenvalue weighted by molar-refractivity contribution is -0.125. The first-order chi connectivity index (χ1) is 7.20. The Balaban J connectivity index is 2.15. The molecule has 0 aromatic rings. The highest BCUT2D eigenvalue weighted by Crippen LogP contribution is 2.23. The molecule has 5 nitrogen and oxygen atoms in total. The molecular weight excluding hydrogens is 192 g/mol. The molecule has 0 saturated heterocycles. The normalized spacial score (nSPS) is 17.1. The van der Waals surface area contributed by atoms with Crippen LogP contribution in [0, 0.1) is 5.92 Å². The Morgan fingerprint density at radius 3 is 2.53 bits per heavy atom. The van der Waals surface area contributed by atoms with E-state index in [0.717, 1.165) is 12.8 Å². The standard InChI is InChI=1S/C10H20N4O/c11-10(12)14-7-6-13-9(15)8-4-2-1-3-5-8/h8H,1-7H2,(H,13,15)(H4,11,12,14). The van der Waals surface area contributed by atoms with Crippen LogP contribution < -0.4 is 16.8 Å². The van der Waals surface area contributed by atoms with Crippen LogP contribution in [0.5, 0.6) is 0 Å². The molecule has 0 atom stereocenters. The number of nitrogens with zero attached hydrogens (tertiary/aromatic N) is 1. The number of hydrogen-bond donors (Lipinski definition) is 3. The molecule has 0 spiro atoms. The van der Waals surface area contributed by atoms with Gasteiger partial charge in [-0.05, 0) is 12.8 Å². The predicted octanol–water partition coefficient (Wildman–Crippen LogP) is -0.0437. The van der Waals surface area contributed by atoms with E-state index in [1.165, 1.54) is 19.3 Å². The summed E-state index contributed by atoms with van der Waals surface area (Å²) < 4.78 is 0. The van der Waals surface area contributed by atoms with E-state index in [2.05, 4.69) is 10.3 Å². The summed E-state index contributed by atoms with van der Waals surface area (Å²) in [6, 6.07) is 0. The van der Waals surface area contributed by atoms with E-state index in [-0.39, 0.29) is 17.8 Å². The molecule has 1 aliphatic carbocycles. The number of amides is 1. The summed E-state index contributed by atoms with van der Waals surface area (Å²) in [5, 5.41) is 2.85. The number of nitrogens with one attached hydrogen (secondary N) is 1. The average molecular weight is 212 g/mol. The van der Waals surface area contributed by atoms with Crippen LogP contribution in [0.1, 0.15) is 32.1 Å². The van der Waals surface area contributed by atoms with Crippen molar-refractivity contribution in [1.82, 2.24) is 5.32 Å². The second-order valence-corrected chi connectivity index (χ2v) is 3.93. The molecule has 0 bridgehead atoms. The first-order valence-electron chi connectivity index (χ1n) is 5.53. The Bertz CT molecular complexity index is 230. The van der Waals surface area contributed by atoms with Gasteiger partial charge in [0.25, 0.3) is 0 Å². The summed E-state index contributed by atoms with van der Waals surface area (Å²) in [5.41, 5.74) is 10.3. The highest BCUT2D eigenvalue weighted by Gasteiger charge is 2.20. The first kappa shape index (κ1) is 11.8. The number of carbonyl (C=O) groups is 1. The molecular formula is C10H20N4O. The Kier molecular flexibility index (Phi) is 4.93. The zero-order chi connectivity index (χ0) is 11.1. The minimum Gasteiger partial charge on any atom is -0.370 e. The van der Waals surface area contributed by atoms with Gasteiger partial charge in [-0.15, -0.1) is 0 Å². The van der Waals surface area contributed by atoms with Crippen molar-refractivity contribution < 1.29 is 4.79 Å². The third-order valence-electron chi connectivity index (χ3n) is 2.68. The number of rotatable bonds is 4. The maximum absolute atomic E-state index is 11.6. The van der Waals surface area contributed by atoms with Gasteiger partial charge in [0.1, 0.15) is 0 Å². The maximum Gasteiger partial charge on any atom is 0.223 e. The summed E-state index contributed by atoms with van der Waals surface area (Å²) in [5.74, 6) is 0.431. The Morgan fingerprint density at radius 1 is 1.27 bits per heavy atom. The molecule has 86 valence electrons. The summed E-state index contributed by atoms with van der Waals surface area (Å²) >= 11 is 0. The number of hydrogen-bond acceptors (Lipinski definition) is 2. The van der Waals surface area contributed by atoms with Crippen LogP contribution in [0.3, 0.4) is 0 Å². The van der Waals surface area contributed by atoms with E-state index < -0.39 is 0 Å². The van der Waals surface area contributed by atoms with E-state index in [9.17, 15) is 4.79 Å². The highest BCUT2D eigenvalue weighted by atomic mass is 16.1. The zero-order valence-electron chi connectivity index (χ0n) is 9.04. The Hall–Kier alpha value is -1.26. The predicted molar refractivity (Wildman–Crippen MR) is 60.3 cm³/mol. The van der Waals surface area contributed by atoms with E-state index in [0.29, 0.717) is 13.1 Å². The van der Waals surface area contributed by atoms with E-state index in [4.69, 9.17) is 11.5 Å². The summed E-state index contributed by atoms with van der Waals surface area (Å²) in [6.07, 6.45) is 5.65. The minimum absolute atomic E-state index is 0.0712. The summed E-state index contributed by atoms with van der Waals surface area (Å²) in [4.78, 5) is 15.4. The van der Waals surface area contributed by atoms with Crippen molar-refractivity contribution >= 4 is 11.9 Å². The molecule has 1 saturated carbocycles. The third-order valence-corrected chi connectivity index (χ3v) is 2.68. The van der Waals surface area contributed by atoms with Gasteiger partial charge in [0.2, 0.25) is 5.91 Å². The van der Waals surface area contributed by atoms with Gasteiger partial charge in [-0.1, -0.05) is 19.3 Å². The van der Waals surface area contributed by atoms with E-state index >= 15 is 0 Å². The third kappa shape index (κ3) is 4.67. The number of nitrogens with two attached hydrogens (primary N) is 2. The fraction of sp³-hybridized carbons (Fsp3) is 0.800. The topological polar surface area (TPSA) is 93.5 Å². The van der Waals surface area contributed by atoms with Crippen molar-refractivity contribution in [2.24, 2.45) is 22.4 Å².